The van der Waals surface area contributed by atoms with Crippen molar-refractivity contribution in [2.75, 3.05) is 19.0 Å². The van der Waals surface area contributed by atoms with Gasteiger partial charge in [0.15, 0.2) is 0 Å². The summed E-state index contributed by atoms with van der Waals surface area (Å²) in [6.45, 7) is 7.05. The third-order valence-electron chi connectivity index (χ3n) is 4.63. The number of carbonyl (C=O) groups excluding carboxylic acids is 1. The van der Waals surface area contributed by atoms with E-state index in [2.05, 4.69) is 16.0 Å². The number of amides is 1. The summed E-state index contributed by atoms with van der Waals surface area (Å²) in [5.41, 5.74) is 3.82. The van der Waals surface area contributed by atoms with E-state index in [9.17, 15) is 10.1 Å². The second kappa shape index (κ2) is 8.70. The van der Waals surface area contributed by atoms with Crippen molar-refractivity contribution in [3.05, 3.63) is 48.0 Å². The molecule has 0 saturated carbocycles. The van der Waals surface area contributed by atoms with Gasteiger partial charge < -0.3 is 14.0 Å². The molecular formula is C23H25N3O3. The van der Waals surface area contributed by atoms with Crippen LogP contribution in [0.1, 0.15) is 26.3 Å². The minimum atomic E-state index is -0.489. The summed E-state index contributed by atoms with van der Waals surface area (Å²) >= 11 is 0. The van der Waals surface area contributed by atoms with Crippen molar-refractivity contribution in [2.24, 2.45) is 5.92 Å². The number of rotatable bonds is 6. The van der Waals surface area contributed by atoms with Crippen LogP contribution in [0.25, 0.3) is 22.2 Å². The number of ether oxygens (including phenoxy) is 2. The first-order valence-corrected chi connectivity index (χ1v) is 9.63. The monoisotopic (exact) mass is 391 g/mol. The van der Waals surface area contributed by atoms with Gasteiger partial charge in [-0.15, -0.1) is 0 Å². The SMILES string of the molecule is CCn1c(-c2cccc(NC(=O)OCC(C)C)c2)c(C#N)c2ccc(OC)cc21. The number of methoxy groups -OCH3 is 1. The van der Waals surface area contributed by atoms with E-state index in [1.807, 2.05) is 57.2 Å². The van der Waals surface area contributed by atoms with E-state index in [0.717, 1.165) is 27.9 Å². The maximum atomic E-state index is 12.0. The summed E-state index contributed by atoms with van der Waals surface area (Å²) in [4.78, 5) is 12.0. The lowest BCUT2D eigenvalue weighted by Gasteiger charge is -2.12. The maximum Gasteiger partial charge on any atom is 0.411 e. The average molecular weight is 391 g/mol. The Balaban J connectivity index is 2.04. The fourth-order valence-electron chi connectivity index (χ4n) is 3.34. The lowest BCUT2D eigenvalue weighted by atomic mass is 10.1. The van der Waals surface area contributed by atoms with Crippen molar-refractivity contribution in [3.63, 3.8) is 0 Å². The molecule has 0 unspecified atom stereocenters. The number of anilines is 1. The summed E-state index contributed by atoms with van der Waals surface area (Å²) in [6.07, 6.45) is -0.489. The summed E-state index contributed by atoms with van der Waals surface area (Å²) < 4.78 is 12.6. The number of carbonyl (C=O) groups is 1. The van der Waals surface area contributed by atoms with Gasteiger partial charge in [0, 0.05) is 29.2 Å². The lowest BCUT2D eigenvalue weighted by molar-refractivity contribution is 0.147. The zero-order chi connectivity index (χ0) is 21.0. The third-order valence-corrected chi connectivity index (χ3v) is 4.63. The summed E-state index contributed by atoms with van der Waals surface area (Å²) in [5.74, 6) is 1.01. The van der Waals surface area contributed by atoms with Crippen molar-refractivity contribution in [1.29, 1.82) is 5.26 Å². The molecule has 1 aromatic heterocycles. The summed E-state index contributed by atoms with van der Waals surface area (Å²) in [5, 5.41) is 13.5. The second-order valence-corrected chi connectivity index (χ2v) is 7.16. The molecule has 0 fully saturated rings. The van der Waals surface area contributed by atoms with Crippen LogP contribution in [0.3, 0.4) is 0 Å². The topological polar surface area (TPSA) is 76.3 Å². The zero-order valence-electron chi connectivity index (χ0n) is 17.2. The van der Waals surface area contributed by atoms with Gasteiger partial charge in [-0.25, -0.2) is 4.79 Å². The van der Waals surface area contributed by atoms with E-state index in [4.69, 9.17) is 9.47 Å². The lowest BCUT2D eigenvalue weighted by Crippen LogP contribution is -2.16. The number of fused-ring (bicyclic) bond motifs is 1. The highest BCUT2D eigenvalue weighted by atomic mass is 16.5. The van der Waals surface area contributed by atoms with Gasteiger partial charge in [0.25, 0.3) is 0 Å². The van der Waals surface area contributed by atoms with Crippen LogP contribution in [0.15, 0.2) is 42.5 Å². The normalized spacial score (nSPS) is 10.8. The molecule has 0 aliphatic rings. The molecule has 0 aliphatic carbocycles. The van der Waals surface area contributed by atoms with Crippen molar-refractivity contribution in [2.45, 2.75) is 27.3 Å². The molecule has 0 radical (unpaired) electrons. The predicted molar refractivity (Wildman–Crippen MR) is 114 cm³/mol. The molecule has 0 spiro atoms. The molecule has 6 nitrogen and oxygen atoms in total. The van der Waals surface area contributed by atoms with Crippen LogP contribution in [0.4, 0.5) is 10.5 Å². The number of hydrogen-bond donors (Lipinski definition) is 1. The van der Waals surface area contributed by atoms with Gasteiger partial charge in [-0.1, -0.05) is 26.0 Å². The molecule has 1 amide bonds. The largest absolute Gasteiger partial charge is 0.497 e. The molecule has 0 bridgehead atoms. The van der Waals surface area contributed by atoms with Crippen LogP contribution < -0.4 is 10.1 Å². The van der Waals surface area contributed by atoms with E-state index in [0.29, 0.717) is 24.4 Å². The first-order chi connectivity index (χ1) is 14.0. The number of benzene rings is 2. The molecule has 150 valence electrons. The summed E-state index contributed by atoms with van der Waals surface area (Å²) in [6, 6.07) is 15.5. The van der Waals surface area contributed by atoms with Crippen molar-refractivity contribution >= 4 is 22.7 Å². The number of hydrogen-bond acceptors (Lipinski definition) is 4. The molecule has 0 saturated heterocycles. The first kappa shape index (κ1) is 20.3. The molecule has 1 heterocycles. The Kier molecular flexibility index (Phi) is 6.08. The molecule has 2 aromatic carbocycles. The zero-order valence-corrected chi connectivity index (χ0v) is 17.2. The summed E-state index contributed by atoms with van der Waals surface area (Å²) in [7, 11) is 1.63. The second-order valence-electron chi connectivity index (χ2n) is 7.16. The van der Waals surface area contributed by atoms with E-state index in [1.165, 1.54) is 0 Å². The van der Waals surface area contributed by atoms with E-state index < -0.39 is 6.09 Å². The van der Waals surface area contributed by atoms with Crippen molar-refractivity contribution in [3.8, 4) is 23.1 Å². The van der Waals surface area contributed by atoms with E-state index >= 15 is 0 Å². The predicted octanol–water partition coefficient (Wildman–Crippen LogP) is 5.41. The fraction of sp³-hybridized carbons (Fsp3) is 0.304. The maximum absolute atomic E-state index is 12.0. The molecule has 3 rings (SSSR count). The third kappa shape index (κ3) is 4.19. The Morgan fingerprint density at radius 3 is 2.69 bits per heavy atom. The van der Waals surface area contributed by atoms with Crippen LogP contribution in [0.2, 0.25) is 0 Å². The van der Waals surface area contributed by atoms with Crippen LogP contribution in [-0.4, -0.2) is 24.4 Å². The van der Waals surface area contributed by atoms with E-state index in [-0.39, 0.29) is 5.92 Å². The Morgan fingerprint density at radius 2 is 2.03 bits per heavy atom. The van der Waals surface area contributed by atoms with Gasteiger partial charge in [-0.2, -0.15) is 5.26 Å². The number of nitriles is 1. The highest BCUT2D eigenvalue weighted by Crippen LogP contribution is 2.36. The van der Waals surface area contributed by atoms with Crippen LogP contribution in [-0.2, 0) is 11.3 Å². The minimum absolute atomic E-state index is 0.266. The standard InChI is InChI=1S/C23H25N3O3/c1-5-26-21-12-18(28-4)9-10-19(21)20(13-24)22(26)16-7-6-8-17(11-16)25-23(27)29-14-15(2)3/h6-12,15H,5,14H2,1-4H3,(H,25,27). The number of aromatic nitrogens is 1. The van der Waals surface area contributed by atoms with Crippen LogP contribution in [0, 0.1) is 17.2 Å². The van der Waals surface area contributed by atoms with Gasteiger partial charge in [0.05, 0.1) is 30.5 Å². The van der Waals surface area contributed by atoms with Gasteiger partial charge in [0.2, 0.25) is 0 Å². The van der Waals surface area contributed by atoms with Gasteiger partial charge in [-0.3, -0.25) is 5.32 Å². The molecular weight excluding hydrogens is 366 g/mol. The molecule has 29 heavy (non-hydrogen) atoms. The Hall–Kier alpha value is -3.46. The van der Waals surface area contributed by atoms with Crippen LogP contribution >= 0.6 is 0 Å². The molecule has 1 N–H and O–H groups in total. The Labute approximate surface area is 170 Å². The minimum Gasteiger partial charge on any atom is -0.497 e. The highest BCUT2D eigenvalue weighted by Gasteiger charge is 2.19. The molecule has 6 heteroatoms. The number of aryl methyl sites for hydroxylation is 1. The number of nitrogens with one attached hydrogen (secondary N) is 1. The smallest absolute Gasteiger partial charge is 0.411 e. The number of nitrogens with zero attached hydrogens (tertiary/aromatic N) is 2. The van der Waals surface area contributed by atoms with E-state index in [1.54, 1.807) is 13.2 Å². The first-order valence-electron chi connectivity index (χ1n) is 9.63. The van der Waals surface area contributed by atoms with Crippen molar-refractivity contribution < 1.29 is 14.3 Å². The van der Waals surface area contributed by atoms with Crippen molar-refractivity contribution in [1.82, 2.24) is 4.57 Å². The Bertz CT molecular complexity index is 1080. The fourth-order valence-corrected chi connectivity index (χ4v) is 3.34. The van der Waals surface area contributed by atoms with Crippen LogP contribution in [0.5, 0.6) is 5.75 Å². The quantitative estimate of drug-likeness (QED) is 0.609. The molecule has 3 aromatic rings. The van der Waals surface area contributed by atoms with Gasteiger partial charge in [0.1, 0.15) is 11.8 Å². The Morgan fingerprint density at radius 1 is 1.24 bits per heavy atom. The average Bonchev–Trinajstić information content (AvgIpc) is 3.04. The highest BCUT2D eigenvalue weighted by molar-refractivity contribution is 5.96. The van der Waals surface area contributed by atoms with Gasteiger partial charge in [-0.05, 0) is 37.1 Å². The van der Waals surface area contributed by atoms with Gasteiger partial charge >= 0.3 is 6.09 Å². The molecule has 0 aliphatic heterocycles. The molecule has 0 atom stereocenters.